The van der Waals surface area contributed by atoms with Gasteiger partial charge in [0.2, 0.25) is 0 Å². The zero-order chi connectivity index (χ0) is 13.4. The van der Waals surface area contributed by atoms with Crippen molar-refractivity contribution in [3.8, 4) is 5.69 Å². The molecule has 1 aromatic heterocycles. The second kappa shape index (κ2) is 4.96. The molecule has 0 aliphatic rings. The fraction of sp³-hybridized carbons (Fsp3) is 0.273. The molecule has 96 valence electrons. The summed E-state index contributed by atoms with van der Waals surface area (Å²) in [5.41, 5.74) is 7.20. The quantitative estimate of drug-likeness (QED) is 0.855. The highest BCUT2D eigenvalue weighted by atomic mass is 35.5. The molecule has 18 heavy (non-hydrogen) atoms. The van der Waals surface area contributed by atoms with Crippen LogP contribution in [0.15, 0.2) is 12.1 Å². The predicted molar refractivity (Wildman–Crippen MR) is 74.9 cm³/mol. The summed E-state index contributed by atoms with van der Waals surface area (Å²) in [6.45, 7) is 3.99. The summed E-state index contributed by atoms with van der Waals surface area (Å²) >= 11 is 18.0. The van der Waals surface area contributed by atoms with Crippen LogP contribution in [-0.2, 0) is 0 Å². The standard InChI is InChI=1S/C11H11Cl3N4/c1-5(2)10-11(15)16-17-18(10)9-4-7(13)6(12)3-8(9)14/h3-5H,15H2,1-2H3. The van der Waals surface area contributed by atoms with E-state index in [1.807, 2.05) is 13.8 Å². The molecule has 0 bridgehead atoms. The van der Waals surface area contributed by atoms with E-state index in [9.17, 15) is 0 Å². The minimum atomic E-state index is 0.158. The van der Waals surface area contributed by atoms with Crippen molar-refractivity contribution in [1.29, 1.82) is 0 Å². The first-order valence-electron chi connectivity index (χ1n) is 5.27. The largest absolute Gasteiger partial charge is 0.381 e. The van der Waals surface area contributed by atoms with E-state index in [0.29, 0.717) is 26.6 Å². The van der Waals surface area contributed by atoms with E-state index >= 15 is 0 Å². The Hall–Kier alpha value is -0.970. The minimum Gasteiger partial charge on any atom is -0.381 e. The maximum atomic E-state index is 6.15. The molecule has 0 radical (unpaired) electrons. The third-order valence-electron chi connectivity index (χ3n) is 2.50. The Morgan fingerprint density at radius 3 is 2.33 bits per heavy atom. The average molecular weight is 306 g/mol. The molecular formula is C11H11Cl3N4. The fourth-order valence-electron chi connectivity index (χ4n) is 1.69. The topological polar surface area (TPSA) is 56.7 Å². The summed E-state index contributed by atoms with van der Waals surface area (Å²) in [5.74, 6) is 0.539. The van der Waals surface area contributed by atoms with E-state index in [1.54, 1.807) is 16.8 Å². The highest BCUT2D eigenvalue weighted by Crippen LogP contribution is 2.33. The van der Waals surface area contributed by atoms with Crippen molar-refractivity contribution in [2.45, 2.75) is 19.8 Å². The van der Waals surface area contributed by atoms with Gasteiger partial charge < -0.3 is 5.73 Å². The highest BCUT2D eigenvalue weighted by molar-refractivity contribution is 6.43. The van der Waals surface area contributed by atoms with Crippen molar-refractivity contribution in [3.63, 3.8) is 0 Å². The molecule has 2 rings (SSSR count). The first-order chi connectivity index (χ1) is 8.41. The van der Waals surface area contributed by atoms with E-state index in [4.69, 9.17) is 40.5 Å². The number of benzene rings is 1. The van der Waals surface area contributed by atoms with Gasteiger partial charge in [-0.15, -0.1) is 5.10 Å². The Morgan fingerprint density at radius 2 is 1.72 bits per heavy atom. The SMILES string of the molecule is CC(C)c1c(N)nnn1-c1cc(Cl)c(Cl)cc1Cl. The second-order valence-corrected chi connectivity index (χ2v) is 5.37. The van der Waals surface area contributed by atoms with Crippen LogP contribution in [0.25, 0.3) is 5.69 Å². The molecule has 0 saturated heterocycles. The Kier molecular flexibility index (Phi) is 3.71. The van der Waals surface area contributed by atoms with Gasteiger partial charge in [0.25, 0.3) is 0 Å². The van der Waals surface area contributed by atoms with Gasteiger partial charge in [-0.25, -0.2) is 4.68 Å². The van der Waals surface area contributed by atoms with Gasteiger partial charge in [-0.3, -0.25) is 0 Å². The van der Waals surface area contributed by atoms with Crippen molar-refractivity contribution in [3.05, 3.63) is 32.9 Å². The average Bonchev–Trinajstić information content (AvgIpc) is 2.65. The monoisotopic (exact) mass is 304 g/mol. The van der Waals surface area contributed by atoms with E-state index in [2.05, 4.69) is 10.3 Å². The van der Waals surface area contributed by atoms with Crippen molar-refractivity contribution in [2.24, 2.45) is 0 Å². The molecule has 0 amide bonds. The Morgan fingerprint density at radius 1 is 1.11 bits per heavy atom. The lowest BCUT2D eigenvalue weighted by atomic mass is 10.1. The Bertz CT molecular complexity index is 592. The van der Waals surface area contributed by atoms with Crippen molar-refractivity contribution in [1.82, 2.24) is 15.0 Å². The van der Waals surface area contributed by atoms with Gasteiger partial charge >= 0.3 is 0 Å². The second-order valence-electron chi connectivity index (χ2n) is 4.14. The Labute approximate surface area is 120 Å². The normalized spacial score (nSPS) is 11.2. The molecule has 2 N–H and O–H groups in total. The van der Waals surface area contributed by atoms with Gasteiger partial charge in [-0.1, -0.05) is 53.9 Å². The van der Waals surface area contributed by atoms with Crippen LogP contribution in [0.2, 0.25) is 15.1 Å². The molecule has 0 saturated carbocycles. The molecule has 0 aliphatic heterocycles. The molecule has 0 aliphatic carbocycles. The van der Waals surface area contributed by atoms with Crippen LogP contribution in [-0.4, -0.2) is 15.0 Å². The third kappa shape index (κ3) is 2.28. The zero-order valence-electron chi connectivity index (χ0n) is 9.78. The van der Waals surface area contributed by atoms with Gasteiger partial charge in [-0.2, -0.15) is 0 Å². The van der Waals surface area contributed by atoms with Gasteiger partial charge in [-0.05, 0) is 18.1 Å². The molecule has 0 fully saturated rings. The summed E-state index contributed by atoms with van der Waals surface area (Å²) < 4.78 is 1.59. The van der Waals surface area contributed by atoms with Crippen LogP contribution < -0.4 is 5.73 Å². The molecule has 0 unspecified atom stereocenters. The van der Waals surface area contributed by atoms with Crippen LogP contribution in [0, 0.1) is 0 Å². The molecule has 7 heteroatoms. The van der Waals surface area contributed by atoms with E-state index in [0.717, 1.165) is 5.69 Å². The van der Waals surface area contributed by atoms with Crippen molar-refractivity contribution < 1.29 is 0 Å². The third-order valence-corrected chi connectivity index (χ3v) is 3.52. The number of anilines is 1. The van der Waals surface area contributed by atoms with Gasteiger partial charge in [0.05, 0.1) is 26.4 Å². The number of nitrogen functional groups attached to an aromatic ring is 1. The summed E-state index contributed by atoms with van der Waals surface area (Å²) in [5, 5.41) is 9.09. The van der Waals surface area contributed by atoms with Crippen molar-refractivity contribution >= 4 is 40.6 Å². The lowest BCUT2D eigenvalue weighted by Gasteiger charge is -2.11. The number of rotatable bonds is 2. The van der Waals surface area contributed by atoms with Crippen LogP contribution >= 0.6 is 34.8 Å². The maximum absolute atomic E-state index is 6.15. The first-order valence-corrected chi connectivity index (χ1v) is 6.41. The maximum Gasteiger partial charge on any atom is 0.169 e. The predicted octanol–water partition coefficient (Wildman–Crippen LogP) is 3.93. The van der Waals surface area contributed by atoms with Gasteiger partial charge in [0, 0.05) is 0 Å². The molecule has 2 aromatic rings. The van der Waals surface area contributed by atoms with Crippen LogP contribution in [0.4, 0.5) is 5.82 Å². The summed E-state index contributed by atoms with van der Waals surface area (Å²) in [4.78, 5) is 0. The van der Waals surface area contributed by atoms with Crippen LogP contribution in [0.3, 0.4) is 0 Å². The van der Waals surface area contributed by atoms with Gasteiger partial charge in [0.15, 0.2) is 5.82 Å². The Balaban J connectivity index is 2.66. The van der Waals surface area contributed by atoms with Crippen molar-refractivity contribution in [2.75, 3.05) is 5.73 Å². The number of nitrogens with zero attached hydrogens (tertiary/aromatic N) is 3. The highest BCUT2D eigenvalue weighted by Gasteiger charge is 2.18. The van der Waals surface area contributed by atoms with E-state index in [-0.39, 0.29) is 5.92 Å². The first kappa shape index (κ1) is 13.5. The number of hydrogen-bond acceptors (Lipinski definition) is 3. The molecular weight excluding hydrogens is 295 g/mol. The molecule has 4 nitrogen and oxygen atoms in total. The number of nitrogens with two attached hydrogens (primary N) is 1. The van der Waals surface area contributed by atoms with Crippen LogP contribution in [0.5, 0.6) is 0 Å². The molecule has 1 heterocycles. The van der Waals surface area contributed by atoms with E-state index < -0.39 is 0 Å². The summed E-state index contributed by atoms with van der Waals surface area (Å²) in [6, 6.07) is 3.22. The van der Waals surface area contributed by atoms with E-state index in [1.165, 1.54) is 0 Å². The molecule has 0 spiro atoms. The number of hydrogen-bond donors (Lipinski definition) is 1. The lowest BCUT2D eigenvalue weighted by molar-refractivity contribution is 0.716. The minimum absolute atomic E-state index is 0.158. The number of halogens is 3. The summed E-state index contributed by atoms with van der Waals surface area (Å²) in [7, 11) is 0. The number of aromatic nitrogens is 3. The molecule has 0 atom stereocenters. The smallest absolute Gasteiger partial charge is 0.169 e. The van der Waals surface area contributed by atoms with Crippen LogP contribution in [0.1, 0.15) is 25.5 Å². The summed E-state index contributed by atoms with van der Waals surface area (Å²) in [6.07, 6.45) is 0. The molecule has 1 aromatic carbocycles. The lowest BCUT2D eigenvalue weighted by Crippen LogP contribution is -2.06. The zero-order valence-corrected chi connectivity index (χ0v) is 12.1. The van der Waals surface area contributed by atoms with Gasteiger partial charge in [0.1, 0.15) is 0 Å². The fourth-order valence-corrected chi connectivity index (χ4v) is 2.31.